The molecular weight excluding hydrogens is 386 g/mol. The summed E-state index contributed by atoms with van der Waals surface area (Å²) < 4.78 is 4.46. The van der Waals surface area contributed by atoms with Crippen LogP contribution in [-0.2, 0) is 4.79 Å². The second-order valence-corrected chi connectivity index (χ2v) is 8.12. The molecule has 102 valence electrons. The Morgan fingerprint density at radius 2 is 2.26 bits per heavy atom. The number of carbonyl (C=O) groups is 1. The first-order valence-electron chi connectivity index (χ1n) is 5.22. The standard InChI is InChI=1S/C10H9Br2N3O4/c1-9(5-10(9,11)12)8(16)14-13-4-6-2-3-7(19-6)15(17)18/h2-4H,5H2,1H3,(H,14,16)/b13-4-/t9-/m0/s1. The maximum absolute atomic E-state index is 11.8. The Hall–Kier alpha value is -1.22. The molecule has 19 heavy (non-hydrogen) atoms. The van der Waals surface area contributed by atoms with Crippen molar-refractivity contribution < 1.29 is 14.1 Å². The van der Waals surface area contributed by atoms with Crippen molar-refractivity contribution in [3.05, 3.63) is 28.0 Å². The lowest BCUT2D eigenvalue weighted by Gasteiger charge is -2.09. The van der Waals surface area contributed by atoms with E-state index in [9.17, 15) is 14.9 Å². The summed E-state index contributed by atoms with van der Waals surface area (Å²) in [5.41, 5.74) is 1.80. The smallest absolute Gasteiger partial charge is 0.400 e. The Morgan fingerprint density at radius 3 is 2.74 bits per heavy atom. The SMILES string of the molecule is C[C@@]1(C(=O)N/N=C\c2ccc([N+](=O)[O-])o2)CC1(Br)Br. The number of carbonyl (C=O) groups excluding carboxylic acids is 1. The summed E-state index contributed by atoms with van der Waals surface area (Å²) in [5, 5.41) is 14.1. The maximum Gasteiger partial charge on any atom is 0.433 e. The summed E-state index contributed by atoms with van der Waals surface area (Å²) >= 11 is 6.75. The second kappa shape index (κ2) is 4.71. The van der Waals surface area contributed by atoms with Crippen molar-refractivity contribution in [1.29, 1.82) is 0 Å². The Bertz CT molecular complexity index is 569. The zero-order valence-electron chi connectivity index (χ0n) is 9.72. The molecule has 1 N–H and O–H groups in total. The highest BCUT2D eigenvalue weighted by molar-refractivity contribution is 9.25. The van der Waals surface area contributed by atoms with Crippen LogP contribution in [-0.4, -0.2) is 20.3 Å². The lowest BCUT2D eigenvalue weighted by atomic mass is 10.1. The molecule has 0 aromatic carbocycles. The molecule has 7 nitrogen and oxygen atoms in total. The van der Waals surface area contributed by atoms with Crippen LogP contribution in [0.25, 0.3) is 0 Å². The number of alkyl halides is 2. The van der Waals surface area contributed by atoms with Crippen molar-refractivity contribution in [2.75, 3.05) is 0 Å². The van der Waals surface area contributed by atoms with E-state index >= 15 is 0 Å². The average molecular weight is 395 g/mol. The summed E-state index contributed by atoms with van der Waals surface area (Å²) in [5.74, 6) is -0.433. The van der Waals surface area contributed by atoms with Crippen LogP contribution >= 0.6 is 31.9 Å². The van der Waals surface area contributed by atoms with Gasteiger partial charge >= 0.3 is 5.88 Å². The monoisotopic (exact) mass is 393 g/mol. The minimum atomic E-state index is -0.648. The number of nitrogens with zero attached hydrogens (tertiary/aromatic N) is 2. The van der Waals surface area contributed by atoms with Gasteiger partial charge in [-0.3, -0.25) is 14.9 Å². The molecule has 0 saturated heterocycles. The van der Waals surface area contributed by atoms with Crippen LogP contribution in [0.4, 0.5) is 5.88 Å². The number of amides is 1. The third kappa shape index (κ3) is 2.71. The summed E-state index contributed by atoms with van der Waals surface area (Å²) in [6, 6.07) is 2.61. The quantitative estimate of drug-likeness (QED) is 0.367. The van der Waals surface area contributed by atoms with E-state index in [1.165, 1.54) is 18.3 Å². The molecule has 1 aromatic rings. The van der Waals surface area contributed by atoms with Gasteiger partial charge in [-0.25, -0.2) is 5.43 Å². The predicted octanol–water partition coefficient (Wildman–Crippen LogP) is 2.53. The van der Waals surface area contributed by atoms with Crippen molar-refractivity contribution in [2.45, 2.75) is 16.6 Å². The molecule has 0 bridgehead atoms. The number of hydrogen-bond acceptors (Lipinski definition) is 5. The van der Waals surface area contributed by atoms with E-state index in [1.807, 2.05) is 0 Å². The Balaban J connectivity index is 1.93. The first-order valence-corrected chi connectivity index (χ1v) is 6.80. The number of furan rings is 1. The summed E-state index contributed by atoms with van der Waals surface area (Å²) in [7, 11) is 0. The van der Waals surface area contributed by atoms with Crippen LogP contribution in [0.1, 0.15) is 19.1 Å². The number of hydrazone groups is 1. The normalized spacial score (nSPS) is 24.4. The number of nitrogens with one attached hydrogen (secondary N) is 1. The molecule has 0 spiro atoms. The van der Waals surface area contributed by atoms with Gasteiger partial charge in [0.2, 0.25) is 5.91 Å². The molecule has 1 saturated carbocycles. The molecule has 1 aliphatic carbocycles. The molecule has 1 aromatic heterocycles. The number of halogens is 2. The fourth-order valence-electron chi connectivity index (χ4n) is 1.43. The van der Waals surface area contributed by atoms with Gasteiger partial charge in [0.15, 0.2) is 5.76 Å². The van der Waals surface area contributed by atoms with Crippen molar-refractivity contribution in [1.82, 2.24) is 5.43 Å². The lowest BCUT2D eigenvalue weighted by Crippen LogP contribution is -2.29. The van der Waals surface area contributed by atoms with Gasteiger partial charge in [-0.05, 0) is 19.4 Å². The Morgan fingerprint density at radius 1 is 1.63 bits per heavy atom. The Labute approximate surface area is 124 Å². The zero-order valence-corrected chi connectivity index (χ0v) is 12.9. The number of nitro groups is 1. The van der Waals surface area contributed by atoms with Gasteiger partial charge in [0.05, 0.1) is 20.9 Å². The van der Waals surface area contributed by atoms with Gasteiger partial charge in [0.25, 0.3) is 0 Å². The third-order valence-corrected chi connectivity index (χ3v) is 5.22. The molecule has 0 aliphatic heterocycles. The highest BCUT2D eigenvalue weighted by Gasteiger charge is 2.66. The Kier molecular flexibility index (Phi) is 3.52. The predicted molar refractivity (Wildman–Crippen MR) is 74.4 cm³/mol. The van der Waals surface area contributed by atoms with Crippen molar-refractivity contribution in [3.63, 3.8) is 0 Å². The van der Waals surface area contributed by atoms with E-state index in [-0.39, 0.29) is 17.6 Å². The maximum atomic E-state index is 11.8. The van der Waals surface area contributed by atoms with E-state index in [0.29, 0.717) is 6.42 Å². The van der Waals surface area contributed by atoms with Gasteiger partial charge < -0.3 is 4.42 Å². The van der Waals surface area contributed by atoms with E-state index < -0.39 is 13.6 Å². The topological polar surface area (TPSA) is 97.7 Å². The van der Waals surface area contributed by atoms with Gasteiger partial charge in [-0.15, -0.1) is 0 Å². The van der Waals surface area contributed by atoms with Gasteiger partial charge in [0, 0.05) is 0 Å². The molecule has 9 heteroatoms. The average Bonchev–Trinajstić information content (AvgIpc) is 2.70. The van der Waals surface area contributed by atoms with E-state index in [4.69, 9.17) is 4.42 Å². The fourth-order valence-corrected chi connectivity index (χ4v) is 2.92. The summed E-state index contributed by atoms with van der Waals surface area (Å²) in [4.78, 5) is 21.6. The van der Waals surface area contributed by atoms with Crippen molar-refractivity contribution >= 4 is 49.9 Å². The lowest BCUT2D eigenvalue weighted by molar-refractivity contribution is -0.402. The van der Waals surface area contributed by atoms with E-state index in [2.05, 4.69) is 42.4 Å². The molecule has 0 radical (unpaired) electrons. The van der Waals surface area contributed by atoms with Crippen LogP contribution in [0.2, 0.25) is 0 Å². The van der Waals surface area contributed by atoms with Crippen LogP contribution < -0.4 is 5.43 Å². The minimum Gasteiger partial charge on any atom is -0.400 e. The fraction of sp³-hybridized carbons (Fsp3) is 0.400. The molecule has 1 heterocycles. The van der Waals surface area contributed by atoms with Crippen LogP contribution in [0.5, 0.6) is 0 Å². The summed E-state index contributed by atoms with van der Waals surface area (Å²) in [6.07, 6.45) is 1.86. The highest BCUT2D eigenvalue weighted by Crippen LogP contribution is 2.66. The highest BCUT2D eigenvalue weighted by atomic mass is 79.9. The zero-order chi connectivity index (χ0) is 14.3. The van der Waals surface area contributed by atoms with E-state index in [1.54, 1.807) is 6.92 Å². The largest absolute Gasteiger partial charge is 0.433 e. The van der Waals surface area contributed by atoms with Gasteiger partial charge in [-0.2, -0.15) is 5.10 Å². The number of rotatable bonds is 4. The second-order valence-electron chi connectivity index (χ2n) is 4.35. The molecule has 1 fully saturated rings. The van der Waals surface area contributed by atoms with Gasteiger partial charge in [0.1, 0.15) is 4.92 Å². The molecule has 1 aliphatic rings. The van der Waals surface area contributed by atoms with E-state index in [0.717, 1.165) is 0 Å². The van der Waals surface area contributed by atoms with Gasteiger partial charge in [-0.1, -0.05) is 31.9 Å². The van der Waals surface area contributed by atoms with Crippen LogP contribution in [0.15, 0.2) is 21.7 Å². The van der Waals surface area contributed by atoms with Crippen molar-refractivity contribution in [2.24, 2.45) is 10.5 Å². The van der Waals surface area contributed by atoms with Crippen LogP contribution in [0.3, 0.4) is 0 Å². The molecule has 2 rings (SSSR count). The van der Waals surface area contributed by atoms with Crippen molar-refractivity contribution in [3.8, 4) is 0 Å². The third-order valence-electron chi connectivity index (χ3n) is 2.91. The minimum absolute atomic E-state index is 0.192. The summed E-state index contributed by atoms with van der Waals surface area (Å²) in [6.45, 7) is 1.79. The van der Waals surface area contributed by atoms with Crippen LogP contribution in [0, 0.1) is 15.5 Å². The molecular formula is C10H9Br2N3O4. The first kappa shape index (κ1) is 14.2. The number of hydrogen-bond donors (Lipinski definition) is 1. The molecule has 1 atom stereocenters. The first-order chi connectivity index (χ1) is 8.76. The molecule has 0 unspecified atom stereocenters. The molecule has 1 amide bonds.